The zero-order valence-electron chi connectivity index (χ0n) is 9.31. The lowest BCUT2D eigenvalue weighted by molar-refractivity contribution is 0.0536. The van der Waals surface area contributed by atoms with Gasteiger partial charge in [0.15, 0.2) is 5.65 Å². The second-order valence-corrected chi connectivity index (χ2v) is 3.45. The average Bonchev–Trinajstić information content (AvgIpc) is 2.60. The van der Waals surface area contributed by atoms with Gasteiger partial charge in [-0.3, -0.25) is 9.63 Å². The number of hydrogen-bond acceptors (Lipinski definition) is 4. The first-order valence-corrected chi connectivity index (χ1v) is 4.79. The molecule has 84 valence electrons. The summed E-state index contributed by atoms with van der Waals surface area (Å²) >= 11 is 0. The van der Waals surface area contributed by atoms with Crippen LogP contribution in [0.25, 0.3) is 5.65 Å². The van der Waals surface area contributed by atoms with Crippen LogP contribution in [0.3, 0.4) is 0 Å². The Morgan fingerprint density at radius 3 is 2.94 bits per heavy atom. The molecule has 0 bridgehead atoms. The summed E-state index contributed by atoms with van der Waals surface area (Å²) in [6, 6.07) is 1.85. The molecule has 0 aromatic carbocycles. The van der Waals surface area contributed by atoms with Gasteiger partial charge in [0.25, 0.3) is 5.91 Å². The number of nitrogens with one attached hydrogen (secondary N) is 1. The van der Waals surface area contributed by atoms with Gasteiger partial charge >= 0.3 is 0 Å². The summed E-state index contributed by atoms with van der Waals surface area (Å²) in [5, 5.41) is 4.25. The van der Waals surface area contributed by atoms with Gasteiger partial charge in [-0.25, -0.2) is 15.0 Å². The van der Waals surface area contributed by atoms with E-state index in [1.54, 1.807) is 4.52 Å². The smallest absolute Gasteiger partial charge is 0.277 e. The van der Waals surface area contributed by atoms with Crippen molar-refractivity contribution in [2.24, 2.45) is 0 Å². The predicted octanol–water partition coefficient (Wildman–Crippen LogP) is 0.637. The highest BCUT2D eigenvalue weighted by atomic mass is 16.6. The molecule has 0 aliphatic rings. The molecule has 2 aromatic rings. The Labute approximate surface area is 92.2 Å². The second kappa shape index (κ2) is 3.90. The van der Waals surface area contributed by atoms with Crippen LogP contribution >= 0.6 is 0 Å². The molecule has 0 saturated carbocycles. The lowest BCUT2D eigenvalue weighted by Gasteiger charge is -2.06. The molecule has 0 atom stereocenters. The maximum atomic E-state index is 11.6. The first-order chi connectivity index (χ1) is 7.63. The molecule has 0 fully saturated rings. The van der Waals surface area contributed by atoms with E-state index in [4.69, 9.17) is 0 Å². The van der Waals surface area contributed by atoms with Gasteiger partial charge in [-0.05, 0) is 13.8 Å². The monoisotopic (exact) mass is 220 g/mol. The van der Waals surface area contributed by atoms with Crippen LogP contribution < -0.4 is 5.48 Å². The summed E-state index contributed by atoms with van der Waals surface area (Å²) in [6.07, 6.45) is 1.51. The maximum Gasteiger partial charge on any atom is 0.278 e. The van der Waals surface area contributed by atoms with Crippen LogP contribution in [0.1, 0.15) is 21.7 Å². The Morgan fingerprint density at radius 1 is 1.50 bits per heavy atom. The van der Waals surface area contributed by atoms with Crippen molar-refractivity contribution < 1.29 is 9.63 Å². The molecular weight excluding hydrogens is 208 g/mol. The van der Waals surface area contributed by atoms with Crippen LogP contribution in [0.5, 0.6) is 0 Å². The van der Waals surface area contributed by atoms with Crippen molar-refractivity contribution in [1.82, 2.24) is 20.1 Å². The number of carbonyl (C=O) groups is 1. The number of aryl methyl sites for hydroxylation is 2. The number of rotatable bonds is 2. The molecule has 16 heavy (non-hydrogen) atoms. The molecule has 6 nitrogen and oxygen atoms in total. The number of hydrogen-bond donors (Lipinski definition) is 1. The van der Waals surface area contributed by atoms with Crippen LogP contribution in [0.4, 0.5) is 0 Å². The lowest BCUT2D eigenvalue weighted by Crippen LogP contribution is -2.23. The molecule has 2 aromatic heterocycles. The fourth-order valence-electron chi connectivity index (χ4n) is 1.53. The first kappa shape index (κ1) is 10.6. The van der Waals surface area contributed by atoms with E-state index < -0.39 is 0 Å². The Morgan fingerprint density at radius 2 is 2.25 bits per heavy atom. The van der Waals surface area contributed by atoms with E-state index in [1.807, 2.05) is 19.9 Å². The van der Waals surface area contributed by atoms with Gasteiger partial charge in [0.05, 0.1) is 24.1 Å². The summed E-state index contributed by atoms with van der Waals surface area (Å²) in [4.78, 5) is 20.3. The van der Waals surface area contributed by atoms with Crippen molar-refractivity contribution in [3.8, 4) is 0 Å². The Balaban J connectivity index is 2.55. The van der Waals surface area contributed by atoms with E-state index in [2.05, 4.69) is 20.4 Å². The zero-order chi connectivity index (χ0) is 11.7. The Hall–Kier alpha value is -1.95. The molecule has 0 spiro atoms. The third-order valence-corrected chi connectivity index (χ3v) is 2.29. The fourth-order valence-corrected chi connectivity index (χ4v) is 1.53. The standard InChI is InChI=1S/C10H12N4O2/c1-6-4-9-11-5-8(10(15)13-16-3)7(2)14(9)12-6/h4-5H,1-3H3,(H,13,15). The van der Waals surface area contributed by atoms with Crippen LogP contribution in [-0.2, 0) is 4.84 Å². The van der Waals surface area contributed by atoms with Crippen LogP contribution in [0.2, 0.25) is 0 Å². The highest BCUT2D eigenvalue weighted by molar-refractivity contribution is 5.94. The van der Waals surface area contributed by atoms with Gasteiger partial charge in [-0.2, -0.15) is 5.10 Å². The molecule has 2 rings (SSSR count). The SMILES string of the molecule is CONC(=O)c1cnc2cc(C)nn2c1C. The van der Waals surface area contributed by atoms with Crippen LogP contribution in [0.15, 0.2) is 12.3 Å². The van der Waals surface area contributed by atoms with Crippen molar-refractivity contribution in [3.05, 3.63) is 29.2 Å². The molecule has 0 saturated heterocycles. The van der Waals surface area contributed by atoms with Crippen molar-refractivity contribution in [1.29, 1.82) is 0 Å². The van der Waals surface area contributed by atoms with Crippen molar-refractivity contribution in [2.75, 3.05) is 7.11 Å². The van der Waals surface area contributed by atoms with Crippen LogP contribution in [0, 0.1) is 13.8 Å². The topological polar surface area (TPSA) is 68.5 Å². The summed E-state index contributed by atoms with van der Waals surface area (Å²) < 4.78 is 1.64. The van der Waals surface area contributed by atoms with E-state index >= 15 is 0 Å². The largest absolute Gasteiger partial charge is 0.278 e. The lowest BCUT2D eigenvalue weighted by atomic mass is 10.2. The number of aromatic nitrogens is 3. The third kappa shape index (κ3) is 1.63. The normalized spacial score (nSPS) is 10.7. The third-order valence-electron chi connectivity index (χ3n) is 2.29. The van der Waals surface area contributed by atoms with Gasteiger partial charge in [-0.1, -0.05) is 0 Å². The predicted molar refractivity (Wildman–Crippen MR) is 56.9 cm³/mol. The Kier molecular flexibility index (Phi) is 2.57. The van der Waals surface area contributed by atoms with E-state index in [0.717, 1.165) is 17.0 Å². The van der Waals surface area contributed by atoms with E-state index in [0.29, 0.717) is 5.56 Å². The summed E-state index contributed by atoms with van der Waals surface area (Å²) in [6.45, 7) is 3.69. The van der Waals surface area contributed by atoms with Gasteiger partial charge in [-0.15, -0.1) is 0 Å². The number of nitrogens with zero attached hydrogens (tertiary/aromatic N) is 3. The molecule has 0 aliphatic heterocycles. The molecule has 6 heteroatoms. The summed E-state index contributed by atoms with van der Waals surface area (Å²) in [7, 11) is 1.39. The summed E-state index contributed by atoms with van der Waals surface area (Å²) in [5.74, 6) is -0.331. The van der Waals surface area contributed by atoms with Gasteiger partial charge < -0.3 is 0 Å². The second-order valence-electron chi connectivity index (χ2n) is 3.45. The first-order valence-electron chi connectivity index (χ1n) is 4.79. The van der Waals surface area contributed by atoms with Crippen molar-refractivity contribution in [3.63, 3.8) is 0 Å². The highest BCUT2D eigenvalue weighted by Crippen LogP contribution is 2.10. The highest BCUT2D eigenvalue weighted by Gasteiger charge is 2.13. The molecule has 0 radical (unpaired) electrons. The van der Waals surface area contributed by atoms with Gasteiger partial charge in [0.2, 0.25) is 0 Å². The van der Waals surface area contributed by atoms with Crippen molar-refractivity contribution in [2.45, 2.75) is 13.8 Å². The van der Waals surface area contributed by atoms with E-state index in [1.165, 1.54) is 13.3 Å². The van der Waals surface area contributed by atoms with Gasteiger partial charge in [0.1, 0.15) is 0 Å². The molecule has 0 unspecified atom stereocenters. The van der Waals surface area contributed by atoms with E-state index in [9.17, 15) is 4.79 Å². The molecule has 0 aliphatic carbocycles. The number of hydroxylamine groups is 1. The van der Waals surface area contributed by atoms with Crippen molar-refractivity contribution >= 4 is 11.6 Å². The Bertz CT molecular complexity index is 547. The quantitative estimate of drug-likeness (QED) is 0.754. The minimum absolute atomic E-state index is 0.331. The fraction of sp³-hybridized carbons (Fsp3) is 0.300. The zero-order valence-corrected chi connectivity index (χ0v) is 9.31. The molecule has 1 N–H and O–H groups in total. The van der Waals surface area contributed by atoms with E-state index in [-0.39, 0.29) is 5.91 Å². The molecule has 2 heterocycles. The van der Waals surface area contributed by atoms with Crippen LogP contribution in [-0.4, -0.2) is 27.6 Å². The number of fused-ring (bicyclic) bond motifs is 1. The molecule has 1 amide bonds. The summed E-state index contributed by atoms with van der Waals surface area (Å²) in [5.41, 5.74) is 5.01. The average molecular weight is 220 g/mol. The minimum atomic E-state index is -0.331. The maximum absolute atomic E-state index is 11.6. The molecular formula is C10H12N4O2. The number of amides is 1. The van der Waals surface area contributed by atoms with Gasteiger partial charge in [0, 0.05) is 12.3 Å². The number of carbonyl (C=O) groups excluding carboxylic acids is 1. The minimum Gasteiger partial charge on any atom is -0.277 e.